The number of aromatic nitrogens is 1. The first-order valence-corrected chi connectivity index (χ1v) is 6.87. The molecule has 1 aromatic heterocycles. The fourth-order valence-electron chi connectivity index (χ4n) is 1.24. The number of nitrogen functional groups attached to an aromatic ring is 1. The second-order valence-corrected chi connectivity index (χ2v) is 5.05. The third kappa shape index (κ3) is 4.75. The fourth-order valence-corrected chi connectivity index (χ4v) is 2.37. The van der Waals surface area contributed by atoms with Crippen LogP contribution < -0.4 is 11.3 Å². The maximum Gasteiger partial charge on any atom is 0.283 e. The Balaban J connectivity index is 2.51. The number of nitrogens with zero attached hydrogens (tertiary/aromatic N) is 1. The molecule has 0 radical (unpaired) electrons. The van der Waals surface area contributed by atoms with Crippen molar-refractivity contribution in [2.24, 2.45) is 11.8 Å². The van der Waals surface area contributed by atoms with Gasteiger partial charge in [0.15, 0.2) is 0 Å². The van der Waals surface area contributed by atoms with Crippen LogP contribution in [0.4, 0.5) is 0 Å². The van der Waals surface area contributed by atoms with Crippen molar-refractivity contribution in [2.75, 3.05) is 5.75 Å². The van der Waals surface area contributed by atoms with E-state index in [1.165, 1.54) is 6.42 Å². The molecule has 1 amide bonds. The summed E-state index contributed by atoms with van der Waals surface area (Å²) in [5.41, 5.74) is 3.37. The minimum atomic E-state index is -0.348. The summed E-state index contributed by atoms with van der Waals surface area (Å²) < 4.78 is 0. The summed E-state index contributed by atoms with van der Waals surface area (Å²) in [7, 11) is 0. The molecule has 1 aromatic rings. The Kier molecular flexibility index (Phi) is 6.00. The molecule has 0 aliphatic rings. The van der Waals surface area contributed by atoms with Gasteiger partial charge in [-0.15, -0.1) is 0 Å². The van der Waals surface area contributed by atoms with Crippen molar-refractivity contribution >= 4 is 17.7 Å². The monoisotopic (exact) mass is 253 g/mol. The Morgan fingerprint density at radius 1 is 1.59 bits per heavy atom. The van der Waals surface area contributed by atoms with Crippen LogP contribution in [0.25, 0.3) is 0 Å². The summed E-state index contributed by atoms with van der Waals surface area (Å²) in [5.74, 6) is 7.38. The number of hydrogen-bond donors (Lipinski definition) is 2. The van der Waals surface area contributed by atoms with Crippen molar-refractivity contribution in [1.82, 2.24) is 10.4 Å². The van der Waals surface area contributed by atoms with Gasteiger partial charge in [-0.3, -0.25) is 10.2 Å². The SMILES string of the molecule is CCC(C)CSCc1cccc(C(=O)NN)n1. The molecular weight excluding hydrogens is 234 g/mol. The van der Waals surface area contributed by atoms with Gasteiger partial charge in [0.25, 0.3) is 5.91 Å². The number of amides is 1. The largest absolute Gasteiger partial charge is 0.289 e. The number of nitrogens with one attached hydrogen (secondary N) is 1. The summed E-state index contributed by atoms with van der Waals surface area (Å²) in [6, 6.07) is 5.42. The molecule has 0 saturated heterocycles. The minimum absolute atomic E-state index is 0.348. The van der Waals surface area contributed by atoms with Crippen molar-refractivity contribution in [3.8, 4) is 0 Å². The number of thioether (sulfide) groups is 1. The number of carbonyl (C=O) groups excluding carboxylic acids is 1. The van der Waals surface area contributed by atoms with E-state index < -0.39 is 0 Å². The summed E-state index contributed by atoms with van der Waals surface area (Å²) in [6.45, 7) is 4.43. The molecular formula is C12H19N3OS. The lowest BCUT2D eigenvalue weighted by molar-refractivity contribution is 0.0948. The van der Waals surface area contributed by atoms with Crippen LogP contribution in [0.3, 0.4) is 0 Å². The topological polar surface area (TPSA) is 68.0 Å². The highest BCUT2D eigenvalue weighted by Gasteiger charge is 2.06. The van der Waals surface area contributed by atoms with Gasteiger partial charge < -0.3 is 0 Å². The molecule has 0 aromatic carbocycles. The lowest BCUT2D eigenvalue weighted by Gasteiger charge is -2.07. The molecule has 0 spiro atoms. The second kappa shape index (κ2) is 7.29. The molecule has 0 bridgehead atoms. The molecule has 5 heteroatoms. The van der Waals surface area contributed by atoms with Crippen LogP contribution in [0.1, 0.15) is 36.5 Å². The van der Waals surface area contributed by atoms with E-state index in [9.17, 15) is 4.79 Å². The average Bonchev–Trinajstić information content (AvgIpc) is 2.38. The van der Waals surface area contributed by atoms with Crippen LogP contribution in [0.2, 0.25) is 0 Å². The first-order valence-electron chi connectivity index (χ1n) is 5.72. The third-order valence-electron chi connectivity index (χ3n) is 2.52. The quantitative estimate of drug-likeness (QED) is 0.462. The van der Waals surface area contributed by atoms with Crippen LogP contribution in [0.5, 0.6) is 0 Å². The van der Waals surface area contributed by atoms with Crippen LogP contribution in [-0.4, -0.2) is 16.6 Å². The van der Waals surface area contributed by atoms with Crippen molar-refractivity contribution in [1.29, 1.82) is 0 Å². The van der Waals surface area contributed by atoms with E-state index in [4.69, 9.17) is 5.84 Å². The first kappa shape index (κ1) is 14.0. The highest BCUT2D eigenvalue weighted by Crippen LogP contribution is 2.16. The van der Waals surface area contributed by atoms with Crippen molar-refractivity contribution in [3.05, 3.63) is 29.6 Å². The Labute approximate surface area is 106 Å². The summed E-state index contributed by atoms with van der Waals surface area (Å²) >= 11 is 1.84. The number of rotatable bonds is 6. The lowest BCUT2D eigenvalue weighted by Crippen LogP contribution is -2.30. The highest BCUT2D eigenvalue weighted by molar-refractivity contribution is 7.98. The molecule has 0 saturated carbocycles. The number of nitrogens with two attached hydrogens (primary N) is 1. The molecule has 0 aliphatic carbocycles. The number of hydrogen-bond acceptors (Lipinski definition) is 4. The van der Waals surface area contributed by atoms with Crippen molar-refractivity contribution in [2.45, 2.75) is 26.0 Å². The maximum atomic E-state index is 11.3. The molecule has 3 N–H and O–H groups in total. The molecule has 17 heavy (non-hydrogen) atoms. The summed E-state index contributed by atoms with van der Waals surface area (Å²) in [5, 5.41) is 0. The predicted molar refractivity (Wildman–Crippen MR) is 71.5 cm³/mol. The van der Waals surface area contributed by atoms with E-state index in [0.717, 1.165) is 23.1 Å². The highest BCUT2D eigenvalue weighted by atomic mass is 32.2. The van der Waals surface area contributed by atoms with E-state index >= 15 is 0 Å². The molecule has 4 nitrogen and oxygen atoms in total. The molecule has 1 rings (SSSR count). The molecule has 1 unspecified atom stereocenters. The van der Waals surface area contributed by atoms with Crippen molar-refractivity contribution < 1.29 is 4.79 Å². The minimum Gasteiger partial charge on any atom is -0.289 e. The van der Waals surface area contributed by atoms with Crippen LogP contribution in [0.15, 0.2) is 18.2 Å². The molecule has 1 heterocycles. The van der Waals surface area contributed by atoms with Crippen LogP contribution >= 0.6 is 11.8 Å². The van der Waals surface area contributed by atoms with Gasteiger partial charge in [-0.05, 0) is 23.8 Å². The van der Waals surface area contributed by atoms with E-state index in [1.54, 1.807) is 6.07 Å². The first-order chi connectivity index (χ1) is 8.17. The van der Waals surface area contributed by atoms with Crippen molar-refractivity contribution in [3.63, 3.8) is 0 Å². The number of pyridine rings is 1. The number of hydrazine groups is 1. The zero-order valence-electron chi connectivity index (χ0n) is 10.3. The summed E-state index contributed by atoms with van der Waals surface area (Å²) in [4.78, 5) is 15.5. The number of carbonyl (C=O) groups is 1. The smallest absolute Gasteiger partial charge is 0.283 e. The van der Waals surface area contributed by atoms with Gasteiger partial charge in [0.05, 0.1) is 5.69 Å². The van der Waals surface area contributed by atoms with Crippen LogP contribution in [0, 0.1) is 5.92 Å². The molecule has 1 atom stereocenters. The Morgan fingerprint density at radius 2 is 2.35 bits per heavy atom. The van der Waals surface area contributed by atoms with E-state index in [0.29, 0.717) is 5.69 Å². The Morgan fingerprint density at radius 3 is 3.00 bits per heavy atom. The Bertz CT molecular complexity index is 371. The predicted octanol–water partition coefficient (Wildman–Crippen LogP) is 1.96. The average molecular weight is 253 g/mol. The molecule has 94 valence electrons. The van der Waals surface area contributed by atoms with Gasteiger partial charge in [-0.2, -0.15) is 11.8 Å². The second-order valence-electron chi connectivity index (χ2n) is 4.02. The molecule has 0 fully saturated rings. The van der Waals surface area contributed by atoms with Gasteiger partial charge in [0.1, 0.15) is 5.69 Å². The summed E-state index contributed by atoms with van der Waals surface area (Å²) in [6.07, 6.45) is 1.19. The van der Waals surface area contributed by atoms with Gasteiger partial charge in [0, 0.05) is 5.75 Å². The Hall–Kier alpha value is -1.07. The normalized spacial score (nSPS) is 12.2. The standard InChI is InChI=1S/C12H19N3OS/c1-3-9(2)7-17-8-10-5-4-6-11(14-10)12(16)15-13/h4-6,9H,3,7-8,13H2,1-2H3,(H,15,16). The maximum absolute atomic E-state index is 11.3. The van der Waals surface area contributed by atoms with Gasteiger partial charge >= 0.3 is 0 Å². The molecule has 0 aliphatic heterocycles. The van der Waals surface area contributed by atoms with E-state index in [1.807, 2.05) is 23.9 Å². The zero-order chi connectivity index (χ0) is 12.7. The van der Waals surface area contributed by atoms with Gasteiger partial charge in [0.2, 0.25) is 0 Å². The fraction of sp³-hybridized carbons (Fsp3) is 0.500. The van der Waals surface area contributed by atoms with Gasteiger partial charge in [-0.1, -0.05) is 26.3 Å². The van der Waals surface area contributed by atoms with E-state index in [-0.39, 0.29) is 5.91 Å². The van der Waals surface area contributed by atoms with Gasteiger partial charge in [-0.25, -0.2) is 10.8 Å². The van der Waals surface area contributed by atoms with Crippen LogP contribution in [-0.2, 0) is 5.75 Å². The lowest BCUT2D eigenvalue weighted by atomic mass is 10.2. The zero-order valence-corrected chi connectivity index (χ0v) is 11.1. The van der Waals surface area contributed by atoms with E-state index in [2.05, 4.69) is 24.3 Å². The third-order valence-corrected chi connectivity index (χ3v) is 3.82.